The van der Waals surface area contributed by atoms with Crippen molar-refractivity contribution in [3.63, 3.8) is 0 Å². The summed E-state index contributed by atoms with van der Waals surface area (Å²) in [4.78, 5) is 2.04. The molecule has 102 valence electrons. The highest BCUT2D eigenvalue weighted by molar-refractivity contribution is 7.98. The third-order valence-corrected chi connectivity index (χ3v) is 4.51. The number of thioether (sulfide) groups is 1. The first-order valence-electron chi connectivity index (χ1n) is 5.41. The van der Waals surface area contributed by atoms with Gasteiger partial charge in [-0.05, 0) is 31.4 Å². The van der Waals surface area contributed by atoms with E-state index in [9.17, 15) is 8.42 Å². The molecule has 1 unspecified atom stereocenters. The van der Waals surface area contributed by atoms with Crippen LogP contribution in [0.5, 0.6) is 0 Å². The Labute approximate surface area is 113 Å². The normalized spacial score (nSPS) is 13.3. The van der Waals surface area contributed by atoms with Crippen molar-refractivity contribution >= 4 is 33.2 Å². The van der Waals surface area contributed by atoms with Crippen molar-refractivity contribution < 1.29 is 8.42 Å². The van der Waals surface area contributed by atoms with E-state index in [0.29, 0.717) is 11.4 Å². The number of nitrogens with two attached hydrogens (primary N) is 2. The van der Waals surface area contributed by atoms with Gasteiger partial charge in [0.1, 0.15) is 0 Å². The monoisotopic (exact) mass is 289 g/mol. The quantitative estimate of drug-likeness (QED) is 0.792. The Bertz CT molecular complexity index is 517. The molecule has 1 aromatic carbocycles. The van der Waals surface area contributed by atoms with Crippen LogP contribution in [0.2, 0.25) is 0 Å². The van der Waals surface area contributed by atoms with Crippen LogP contribution in [0.1, 0.15) is 6.92 Å². The van der Waals surface area contributed by atoms with Gasteiger partial charge in [-0.1, -0.05) is 0 Å². The van der Waals surface area contributed by atoms with Crippen LogP contribution in [0.4, 0.5) is 11.4 Å². The summed E-state index contributed by atoms with van der Waals surface area (Å²) in [7, 11) is -1.81. The van der Waals surface area contributed by atoms with Crippen LogP contribution in [0, 0.1) is 0 Å². The molecular weight excluding hydrogens is 270 g/mol. The van der Waals surface area contributed by atoms with E-state index in [4.69, 9.17) is 10.9 Å². The Morgan fingerprint density at radius 2 is 2.06 bits per heavy atom. The summed E-state index contributed by atoms with van der Waals surface area (Å²) >= 11 is 1.72. The number of hydrogen-bond acceptors (Lipinski definition) is 5. The fourth-order valence-corrected chi connectivity index (χ4v) is 2.84. The van der Waals surface area contributed by atoms with Crippen LogP contribution in [0.15, 0.2) is 23.1 Å². The third-order valence-electron chi connectivity index (χ3n) is 2.78. The van der Waals surface area contributed by atoms with Crippen LogP contribution in [0.3, 0.4) is 0 Å². The van der Waals surface area contributed by atoms with Gasteiger partial charge < -0.3 is 10.6 Å². The predicted molar refractivity (Wildman–Crippen MR) is 78.5 cm³/mol. The number of rotatable bonds is 5. The molecule has 0 radical (unpaired) electrons. The molecule has 0 amide bonds. The molecule has 0 spiro atoms. The van der Waals surface area contributed by atoms with Gasteiger partial charge in [0, 0.05) is 18.8 Å². The summed E-state index contributed by atoms with van der Waals surface area (Å²) in [5, 5.41) is 5.12. The first kappa shape index (κ1) is 15.1. The zero-order valence-corrected chi connectivity index (χ0v) is 12.4. The van der Waals surface area contributed by atoms with E-state index < -0.39 is 10.0 Å². The fraction of sp³-hybridized carbons (Fsp3) is 0.455. The second-order valence-electron chi connectivity index (χ2n) is 4.18. The molecule has 0 aromatic heterocycles. The maximum Gasteiger partial charge on any atom is 0.238 e. The Balaban J connectivity index is 3.15. The molecule has 0 heterocycles. The van der Waals surface area contributed by atoms with Crippen LogP contribution < -0.4 is 15.8 Å². The molecule has 0 fully saturated rings. The molecule has 0 aliphatic rings. The SMILES string of the molecule is CSCC(C)N(C)c1cc(S(N)(=O)=O)ccc1N. The number of primary sulfonamides is 1. The Kier molecular flexibility index (Phi) is 4.89. The molecule has 1 atom stereocenters. The van der Waals surface area contributed by atoms with Crippen molar-refractivity contribution in [2.24, 2.45) is 5.14 Å². The van der Waals surface area contributed by atoms with Gasteiger partial charge >= 0.3 is 0 Å². The number of sulfonamides is 1. The smallest absolute Gasteiger partial charge is 0.238 e. The highest BCUT2D eigenvalue weighted by Gasteiger charge is 2.16. The first-order chi connectivity index (χ1) is 8.27. The fourth-order valence-electron chi connectivity index (χ4n) is 1.60. The summed E-state index contributed by atoms with van der Waals surface area (Å²) in [5.41, 5.74) is 7.11. The molecule has 0 bridgehead atoms. The van der Waals surface area contributed by atoms with Gasteiger partial charge in [-0.25, -0.2) is 13.6 Å². The van der Waals surface area contributed by atoms with Gasteiger partial charge in [0.25, 0.3) is 0 Å². The van der Waals surface area contributed by atoms with Crippen molar-refractivity contribution in [3.8, 4) is 0 Å². The van der Waals surface area contributed by atoms with Crippen molar-refractivity contribution in [1.29, 1.82) is 0 Å². The van der Waals surface area contributed by atoms with Crippen molar-refractivity contribution in [1.82, 2.24) is 0 Å². The first-order valence-corrected chi connectivity index (χ1v) is 8.35. The van der Waals surface area contributed by atoms with Crippen LogP contribution in [-0.4, -0.2) is 33.5 Å². The summed E-state index contributed by atoms with van der Waals surface area (Å²) in [6.45, 7) is 2.06. The lowest BCUT2D eigenvalue weighted by Gasteiger charge is -2.28. The number of nitrogens with zero attached hydrogens (tertiary/aromatic N) is 1. The minimum atomic E-state index is -3.70. The highest BCUT2D eigenvalue weighted by atomic mass is 32.2. The molecule has 0 aliphatic carbocycles. The standard InChI is InChI=1S/C11H19N3O2S2/c1-8(7-17-3)14(2)11-6-9(18(13,15)16)4-5-10(11)12/h4-6,8H,7,12H2,1-3H3,(H2,13,15,16). The van der Waals surface area contributed by atoms with E-state index in [1.54, 1.807) is 17.8 Å². The number of nitrogen functional groups attached to an aromatic ring is 1. The van der Waals surface area contributed by atoms with E-state index in [0.717, 1.165) is 5.75 Å². The summed E-state index contributed by atoms with van der Waals surface area (Å²) in [6, 6.07) is 4.75. The Morgan fingerprint density at radius 3 is 2.56 bits per heavy atom. The number of hydrogen-bond donors (Lipinski definition) is 2. The summed E-state index contributed by atoms with van der Waals surface area (Å²) < 4.78 is 22.7. The van der Waals surface area contributed by atoms with Gasteiger partial charge in [-0.2, -0.15) is 11.8 Å². The molecule has 1 aromatic rings. The predicted octanol–water partition coefficient (Wildman–Crippen LogP) is 1.10. The molecule has 0 saturated carbocycles. The maximum atomic E-state index is 11.3. The lowest BCUT2D eigenvalue weighted by atomic mass is 10.2. The van der Waals surface area contributed by atoms with Gasteiger partial charge in [-0.15, -0.1) is 0 Å². The highest BCUT2D eigenvalue weighted by Crippen LogP contribution is 2.27. The van der Waals surface area contributed by atoms with Crippen LogP contribution in [-0.2, 0) is 10.0 Å². The summed E-state index contributed by atoms with van der Waals surface area (Å²) in [5.74, 6) is 0.926. The number of anilines is 2. The third kappa shape index (κ3) is 3.54. The van der Waals surface area contributed by atoms with Crippen molar-refractivity contribution in [2.75, 3.05) is 29.7 Å². The van der Waals surface area contributed by atoms with E-state index in [1.165, 1.54) is 12.1 Å². The van der Waals surface area contributed by atoms with Crippen LogP contribution >= 0.6 is 11.8 Å². The van der Waals surface area contributed by atoms with E-state index in [2.05, 4.69) is 6.92 Å². The second kappa shape index (κ2) is 5.81. The molecule has 1 rings (SSSR count). The Hall–Kier alpha value is -0.920. The molecular formula is C11H19N3O2S2. The second-order valence-corrected chi connectivity index (χ2v) is 6.65. The zero-order valence-electron chi connectivity index (χ0n) is 10.8. The van der Waals surface area contributed by atoms with Gasteiger partial charge in [0.2, 0.25) is 10.0 Å². The summed E-state index contributed by atoms with van der Waals surface area (Å²) in [6.07, 6.45) is 2.02. The maximum absolute atomic E-state index is 11.3. The molecule has 0 saturated heterocycles. The average Bonchev–Trinajstić information content (AvgIpc) is 2.27. The van der Waals surface area contributed by atoms with Crippen molar-refractivity contribution in [2.45, 2.75) is 17.9 Å². The van der Waals surface area contributed by atoms with Gasteiger partial charge in [0.15, 0.2) is 0 Å². The minimum absolute atomic E-state index is 0.0786. The van der Waals surface area contributed by atoms with Crippen molar-refractivity contribution in [3.05, 3.63) is 18.2 Å². The Morgan fingerprint density at radius 1 is 1.44 bits per heavy atom. The van der Waals surface area contributed by atoms with E-state index in [-0.39, 0.29) is 10.9 Å². The molecule has 5 nitrogen and oxygen atoms in total. The largest absolute Gasteiger partial charge is 0.397 e. The minimum Gasteiger partial charge on any atom is -0.397 e. The van der Waals surface area contributed by atoms with E-state index >= 15 is 0 Å². The van der Waals surface area contributed by atoms with E-state index in [1.807, 2.05) is 18.2 Å². The van der Waals surface area contributed by atoms with Gasteiger partial charge in [-0.3, -0.25) is 0 Å². The lowest BCUT2D eigenvalue weighted by molar-refractivity contribution is 0.597. The molecule has 7 heteroatoms. The molecule has 18 heavy (non-hydrogen) atoms. The molecule has 4 N–H and O–H groups in total. The zero-order chi connectivity index (χ0) is 13.9. The average molecular weight is 289 g/mol. The topological polar surface area (TPSA) is 89.4 Å². The number of benzene rings is 1. The molecule has 0 aliphatic heterocycles. The van der Waals surface area contributed by atoms with Crippen LogP contribution in [0.25, 0.3) is 0 Å². The van der Waals surface area contributed by atoms with Gasteiger partial charge in [0.05, 0.1) is 16.3 Å². The lowest BCUT2D eigenvalue weighted by Crippen LogP contribution is -2.31.